The molecule has 2 N–H and O–H groups in total. The van der Waals surface area contributed by atoms with Crippen LogP contribution in [-0.2, 0) is 7.05 Å². The van der Waals surface area contributed by atoms with Gasteiger partial charge < -0.3 is 15.2 Å². The Bertz CT molecular complexity index is 1010. The van der Waals surface area contributed by atoms with E-state index in [2.05, 4.69) is 0 Å². The maximum Gasteiger partial charge on any atom is 0.259 e. The quantitative estimate of drug-likeness (QED) is 0.749. The predicted molar refractivity (Wildman–Crippen MR) is 91.4 cm³/mol. The second kappa shape index (κ2) is 5.97. The first kappa shape index (κ1) is 15.4. The lowest BCUT2D eigenvalue weighted by atomic mass is 10.1. The number of hydrogen-bond acceptors (Lipinski definition) is 5. The van der Waals surface area contributed by atoms with Crippen molar-refractivity contribution < 1.29 is 9.47 Å². The minimum atomic E-state index is -0.270. The molecule has 0 aliphatic heterocycles. The van der Waals surface area contributed by atoms with Crippen molar-refractivity contribution in [3.05, 3.63) is 58.5 Å². The molecule has 0 spiro atoms. The van der Waals surface area contributed by atoms with E-state index in [1.165, 1.54) is 11.7 Å². The van der Waals surface area contributed by atoms with E-state index >= 15 is 0 Å². The Balaban J connectivity index is 2.30. The molecule has 0 atom stereocenters. The molecule has 0 fully saturated rings. The van der Waals surface area contributed by atoms with Gasteiger partial charge in [0.2, 0.25) is 0 Å². The zero-order valence-corrected chi connectivity index (χ0v) is 13.2. The van der Waals surface area contributed by atoms with Gasteiger partial charge in [-0.2, -0.15) is 5.26 Å². The molecule has 0 radical (unpaired) electrons. The first-order valence-electron chi connectivity index (χ1n) is 7.19. The van der Waals surface area contributed by atoms with Gasteiger partial charge in [0.1, 0.15) is 17.6 Å². The van der Waals surface area contributed by atoms with Gasteiger partial charge >= 0.3 is 0 Å². The van der Waals surface area contributed by atoms with Gasteiger partial charge in [0.25, 0.3) is 5.56 Å². The van der Waals surface area contributed by atoms with Gasteiger partial charge in [-0.3, -0.25) is 9.36 Å². The maximum absolute atomic E-state index is 12.5. The number of nitrogen functional groups attached to an aromatic ring is 1. The number of fused-ring (bicyclic) bond motifs is 1. The highest BCUT2D eigenvalue weighted by Crippen LogP contribution is 2.33. The molecule has 0 aliphatic rings. The first-order chi connectivity index (χ1) is 11.5. The molecule has 6 heteroatoms. The molecule has 2 aromatic carbocycles. The average molecular weight is 321 g/mol. The summed E-state index contributed by atoms with van der Waals surface area (Å²) >= 11 is 0. The second-order valence-corrected chi connectivity index (χ2v) is 5.24. The van der Waals surface area contributed by atoms with Crippen molar-refractivity contribution in [1.82, 2.24) is 4.57 Å². The SMILES string of the molecule is COc1ccc2c(=O)n(C)c(C#N)c(Oc3ccc(N)cc3)c2c1. The van der Waals surface area contributed by atoms with Crippen LogP contribution < -0.4 is 20.8 Å². The normalized spacial score (nSPS) is 10.4. The Kier molecular flexibility index (Phi) is 3.84. The fourth-order valence-electron chi connectivity index (χ4n) is 2.47. The van der Waals surface area contributed by atoms with Gasteiger partial charge in [0.15, 0.2) is 11.4 Å². The van der Waals surface area contributed by atoms with Gasteiger partial charge in [-0.25, -0.2) is 0 Å². The van der Waals surface area contributed by atoms with E-state index in [1.54, 1.807) is 49.5 Å². The summed E-state index contributed by atoms with van der Waals surface area (Å²) in [5, 5.41) is 10.5. The first-order valence-corrected chi connectivity index (χ1v) is 7.19. The number of benzene rings is 2. The van der Waals surface area contributed by atoms with Crippen molar-refractivity contribution in [2.24, 2.45) is 7.05 Å². The largest absolute Gasteiger partial charge is 0.497 e. The van der Waals surface area contributed by atoms with E-state index < -0.39 is 0 Å². The van der Waals surface area contributed by atoms with Crippen molar-refractivity contribution in [2.45, 2.75) is 0 Å². The average Bonchev–Trinajstić information content (AvgIpc) is 2.61. The Morgan fingerprint density at radius 1 is 1.08 bits per heavy atom. The molecule has 1 heterocycles. The van der Waals surface area contributed by atoms with Gasteiger partial charge in [-0.15, -0.1) is 0 Å². The van der Waals surface area contributed by atoms with E-state index in [9.17, 15) is 10.1 Å². The minimum Gasteiger partial charge on any atom is -0.497 e. The predicted octanol–water partition coefficient (Wildman–Crippen LogP) is 2.79. The van der Waals surface area contributed by atoms with Crippen LogP contribution in [-0.4, -0.2) is 11.7 Å². The maximum atomic E-state index is 12.5. The van der Waals surface area contributed by atoms with Crippen LogP contribution in [0.5, 0.6) is 17.2 Å². The number of anilines is 1. The molecule has 3 rings (SSSR count). The molecule has 120 valence electrons. The van der Waals surface area contributed by atoms with Crippen LogP contribution in [0.3, 0.4) is 0 Å². The number of methoxy groups -OCH3 is 1. The number of hydrogen-bond donors (Lipinski definition) is 1. The van der Waals surface area contributed by atoms with Crippen molar-refractivity contribution in [1.29, 1.82) is 5.26 Å². The molecule has 24 heavy (non-hydrogen) atoms. The second-order valence-electron chi connectivity index (χ2n) is 5.24. The number of aromatic nitrogens is 1. The standard InChI is InChI=1S/C18H15N3O3/c1-21-16(10-19)17(24-12-5-3-11(20)4-6-12)15-9-13(23-2)7-8-14(15)18(21)22/h3-9H,20H2,1-2H3. The molecule has 0 aliphatic carbocycles. The Morgan fingerprint density at radius 3 is 2.38 bits per heavy atom. The van der Waals surface area contributed by atoms with Crippen molar-refractivity contribution >= 4 is 16.5 Å². The summed E-state index contributed by atoms with van der Waals surface area (Å²) in [5.41, 5.74) is 6.15. The summed E-state index contributed by atoms with van der Waals surface area (Å²) < 4.78 is 12.4. The molecular weight excluding hydrogens is 306 g/mol. The topological polar surface area (TPSA) is 90.3 Å². The van der Waals surface area contributed by atoms with E-state index in [1.807, 2.05) is 6.07 Å². The van der Waals surface area contributed by atoms with E-state index in [-0.39, 0.29) is 11.3 Å². The number of nitriles is 1. The van der Waals surface area contributed by atoms with Crippen LogP contribution in [0.15, 0.2) is 47.3 Å². The Hall–Kier alpha value is -3.46. The minimum absolute atomic E-state index is 0.137. The summed E-state index contributed by atoms with van der Waals surface area (Å²) in [6, 6.07) is 13.9. The summed E-state index contributed by atoms with van der Waals surface area (Å²) in [5.74, 6) is 1.39. The molecule has 0 bridgehead atoms. The highest BCUT2D eigenvalue weighted by Gasteiger charge is 2.17. The van der Waals surface area contributed by atoms with Crippen LogP contribution in [0.25, 0.3) is 10.8 Å². The summed E-state index contributed by atoms with van der Waals surface area (Å²) in [6.07, 6.45) is 0. The van der Waals surface area contributed by atoms with Crippen LogP contribution in [0.4, 0.5) is 5.69 Å². The van der Waals surface area contributed by atoms with E-state index in [0.29, 0.717) is 33.7 Å². The van der Waals surface area contributed by atoms with Gasteiger partial charge in [0, 0.05) is 18.1 Å². The molecule has 6 nitrogen and oxygen atoms in total. The lowest BCUT2D eigenvalue weighted by Gasteiger charge is -2.14. The molecule has 1 aromatic heterocycles. The highest BCUT2D eigenvalue weighted by molar-refractivity contribution is 5.90. The summed E-state index contributed by atoms with van der Waals surface area (Å²) in [7, 11) is 3.08. The van der Waals surface area contributed by atoms with Crippen molar-refractivity contribution in [3.8, 4) is 23.3 Å². The lowest BCUT2D eigenvalue weighted by molar-refractivity contribution is 0.415. The number of nitrogens with two attached hydrogens (primary N) is 1. The third kappa shape index (κ3) is 2.52. The zero-order chi connectivity index (χ0) is 17.3. The van der Waals surface area contributed by atoms with Crippen molar-refractivity contribution in [2.75, 3.05) is 12.8 Å². The molecule has 0 saturated carbocycles. The smallest absolute Gasteiger partial charge is 0.259 e. The third-order valence-corrected chi connectivity index (χ3v) is 3.76. The monoisotopic (exact) mass is 321 g/mol. The number of pyridine rings is 1. The Labute approximate surface area is 138 Å². The van der Waals surface area contributed by atoms with Gasteiger partial charge in [0.05, 0.1) is 12.5 Å². The van der Waals surface area contributed by atoms with Crippen molar-refractivity contribution in [3.63, 3.8) is 0 Å². The fourth-order valence-corrected chi connectivity index (χ4v) is 2.47. The molecular formula is C18H15N3O3. The zero-order valence-electron chi connectivity index (χ0n) is 13.2. The molecule has 0 unspecified atom stereocenters. The fraction of sp³-hybridized carbons (Fsp3) is 0.111. The van der Waals surface area contributed by atoms with Crippen LogP contribution in [0.1, 0.15) is 5.69 Å². The number of ether oxygens (including phenoxy) is 2. The van der Waals surface area contributed by atoms with E-state index in [4.69, 9.17) is 15.2 Å². The summed E-state index contributed by atoms with van der Waals surface area (Å²) in [6.45, 7) is 0. The van der Waals surface area contributed by atoms with Crippen LogP contribution >= 0.6 is 0 Å². The summed E-state index contributed by atoms with van der Waals surface area (Å²) in [4.78, 5) is 12.5. The molecule has 3 aromatic rings. The van der Waals surface area contributed by atoms with Gasteiger partial charge in [-0.1, -0.05) is 0 Å². The van der Waals surface area contributed by atoms with E-state index in [0.717, 1.165) is 0 Å². The van der Waals surface area contributed by atoms with Crippen LogP contribution in [0.2, 0.25) is 0 Å². The Morgan fingerprint density at radius 2 is 1.75 bits per heavy atom. The van der Waals surface area contributed by atoms with Crippen LogP contribution in [0, 0.1) is 11.3 Å². The molecule has 0 amide bonds. The van der Waals surface area contributed by atoms with Gasteiger partial charge in [-0.05, 0) is 42.5 Å². The third-order valence-electron chi connectivity index (χ3n) is 3.76. The highest BCUT2D eigenvalue weighted by atomic mass is 16.5. The number of nitrogens with zero attached hydrogens (tertiary/aromatic N) is 2. The number of rotatable bonds is 3. The lowest BCUT2D eigenvalue weighted by Crippen LogP contribution is -2.20. The molecule has 0 saturated heterocycles.